The van der Waals surface area contributed by atoms with Gasteiger partial charge >= 0.3 is 5.97 Å². The predicted octanol–water partition coefficient (Wildman–Crippen LogP) is 3.43. The molecular weight excluding hydrogens is 378 g/mol. The number of aryl methyl sites for hydroxylation is 1. The summed E-state index contributed by atoms with van der Waals surface area (Å²) in [7, 11) is 0. The van der Waals surface area contributed by atoms with Crippen LogP contribution in [0.2, 0.25) is 0 Å². The van der Waals surface area contributed by atoms with Crippen LogP contribution in [0.4, 0.5) is 0 Å². The van der Waals surface area contributed by atoms with Crippen molar-refractivity contribution >= 4 is 33.4 Å². The number of thiophene rings is 1. The third kappa shape index (κ3) is 3.70. The molecule has 2 heterocycles. The van der Waals surface area contributed by atoms with E-state index in [9.17, 15) is 14.4 Å². The summed E-state index contributed by atoms with van der Waals surface area (Å²) in [6.45, 7) is 7.11. The van der Waals surface area contributed by atoms with Gasteiger partial charge in [-0.2, -0.15) is 0 Å². The highest BCUT2D eigenvalue weighted by Crippen LogP contribution is 2.31. The van der Waals surface area contributed by atoms with Gasteiger partial charge in [0.2, 0.25) is 5.91 Å². The Labute approximate surface area is 167 Å². The number of primary amides is 1. The van der Waals surface area contributed by atoms with Gasteiger partial charge in [0.1, 0.15) is 27.7 Å². The minimum atomic E-state index is -0.821. The van der Waals surface area contributed by atoms with Crippen molar-refractivity contribution in [2.75, 3.05) is 0 Å². The Hall–Kier alpha value is -2.22. The van der Waals surface area contributed by atoms with Gasteiger partial charge in [0, 0.05) is 5.92 Å². The maximum absolute atomic E-state index is 13.2. The quantitative estimate of drug-likeness (QED) is 0.768. The molecule has 1 saturated carbocycles. The molecule has 0 aromatic carbocycles. The summed E-state index contributed by atoms with van der Waals surface area (Å²) in [5.74, 6) is -0.599. The minimum absolute atomic E-state index is 0.0587. The minimum Gasteiger partial charge on any atom is -0.458 e. The fourth-order valence-electron chi connectivity index (χ4n) is 3.70. The summed E-state index contributed by atoms with van der Waals surface area (Å²) in [6.07, 6.45) is 5.02. The molecule has 0 bridgehead atoms. The van der Waals surface area contributed by atoms with Gasteiger partial charge < -0.3 is 10.5 Å². The number of carbonyl (C=O) groups is 2. The first-order valence-electron chi connectivity index (χ1n) is 9.78. The van der Waals surface area contributed by atoms with Crippen molar-refractivity contribution in [1.29, 1.82) is 0 Å². The fourth-order valence-corrected chi connectivity index (χ4v) is 4.76. The highest BCUT2D eigenvalue weighted by Gasteiger charge is 2.27. The number of hydrogen-bond acceptors (Lipinski definition) is 6. The zero-order chi connectivity index (χ0) is 20.6. The second-order valence-electron chi connectivity index (χ2n) is 7.78. The number of esters is 1. The van der Waals surface area contributed by atoms with Crippen LogP contribution < -0.4 is 11.3 Å². The molecule has 2 N–H and O–H groups in total. The second-order valence-corrected chi connectivity index (χ2v) is 8.78. The maximum atomic E-state index is 13.2. The number of hydrogen-bond donors (Lipinski definition) is 1. The van der Waals surface area contributed by atoms with Gasteiger partial charge in [-0.25, -0.2) is 9.78 Å². The number of ether oxygens (including phenoxy) is 1. The Morgan fingerprint density at radius 3 is 2.43 bits per heavy atom. The summed E-state index contributed by atoms with van der Waals surface area (Å²) in [6, 6.07) is -0.821. The molecule has 1 unspecified atom stereocenters. The molecule has 1 atom stereocenters. The van der Waals surface area contributed by atoms with Crippen LogP contribution in [0.15, 0.2) is 4.79 Å². The van der Waals surface area contributed by atoms with E-state index in [1.54, 1.807) is 13.8 Å². The van der Waals surface area contributed by atoms with E-state index in [0.717, 1.165) is 25.7 Å². The highest BCUT2D eigenvalue weighted by molar-refractivity contribution is 7.20. The largest absolute Gasteiger partial charge is 0.458 e. The third-order valence-corrected chi connectivity index (χ3v) is 6.52. The fraction of sp³-hybridized carbons (Fsp3) is 0.600. The Bertz CT molecular complexity index is 970. The van der Waals surface area contributed by atoms with E-state index in [1.165, 1.54) is 22.3 Å². The van der Waals surface area contributed by atoms with Crippen LogP contribution >= 0.6 is 11.3 Å². The van der Waals surface area contributed by atoms with E-state index in [-0.39, 0.29) is 17.6 Å². The summed E-state index contributed by atoms with van der Waals surface area (Å²) >= 11 is 1.18. The number of aromatic nitrogens is 2. The molecular formula is C20H27N3O4S. The van der Waals surface area contributed by atoms with Gasteiger partial charge in [0.25, 0.3) is 5.56 Å². The average molecular weight is 406 g/mol. The van der Waals surface area contributed by atoms with E-state index in [4.69, 9.17) is 10.5 Å². The first kappa shape index (κ1) is 20.5. The standard InChI is InChI=1S/C20H27N3O4S/c1-10(2)17-22-18-14(19(25)23(17)12(4)16(21)24)11(3)15(28-18)20(26)27-13-8-6-5-7-9-13/h10,12-13H,5-9H2,1-4H3,(H2,21,24). The number of amides is 1. The lowest BCUT2D eigenvalue weighted by Crippen LogP contribution is -2.35. The van der Waals surface area contributed by atoms with Crippen LogP contribution in [-0.2, 0) is 9.53 Å². The van der Waals surface area contributed by atoms with Crippen LogP contribution in [0.25, 0.3) is 10.2 Å². The van der Waals surface area contributed by atoms with E-state index in [1.807, 2.05) is 13.8 Å². The predicted molar refractivity (Wildman–Crippen MR) is 109 cm³/mol. The van der Waals surface area contributed by atoms with Crippen molar-refractivity contribution in [3.63, 3.8) is 0 Å². The smallest absolute Gasteiger partial charge is 0.348 e. The SMILES string of the molecule is Cc1c(C(=O)OC2CCCCC2)sc2nc(C(C)C)n(C(C)C(N)=O)c(=O)c12. The molecule has 0 saturated heterocycles. The van der Waals surface area contributed by atoms with Crippen molar-refractivity contribution in [1.82, 2.24) is 9.55 Å². The topological polar surface area (TPSA) is 104 Å². The van der Waals surface area contributed by atoms with E-state index in [2.05, 4.69) is 4.98 Å². The number of nitrogens with two attached hydrogens (primary N) is 1. The molecule has 1 aliphatic carbocycles. The number of fused-ring (bicyclic) bond motifs is 1. The van der Waals surface area contributed by atoms with Gasteiger partial charge in [0.15, 0.2) is 0 Å². The van der Waals surface area contributed by atoms with Crippen molar-refractivity contribution in [3.05, 3.63) is 26.6 Å². The van der Waals surface area contributed by atoms with Crippen molar-refractivity contribution < 1.29 is 14.3 Å². The lowest BCUT2D eigenvalue weighted by molar-refractivity contribution is -0.120. The summed E-state index contributed by atoms with van der Waals surface area (Å²) in [5.41, 5.74) is 5.66. The van der Waals surface area contributed by atoms with Crippen LogP contribution in [-0.4, -0.2) is 27.5 Å². The van der Waals surface area contributed by atoms with E-state index < -0.39 is 17.9 Å². The Balaban J connectivity index is 2.09. The molecule has 1 fully saturated rings. The molecule has 0 spiro atoms. The molecule has 0 aliphatic heterocycles. The molecule has 0 radical (unpaired) electrons. The molecule has 2 aromatic heterocycles. The summed E-state index contributed by atoms with van der Waals surface area (Å²) < 4.78 is 7.03. The molecule has 152 valence electrons. The first-order valence-corrected chi connectivity index (χ1v) is 10.6. The molecule has 1 amide bonds. The van der Waals surface area contributed by atoms with Crippen molar-refractivity contribution in [2.45, 2.75) is 77.9 Å². The van der Waals surface area contributed by atoms with E-state index >= 15 is 0 Å². The molecule has 1 aliphatic rings. The van der Waals surface area contributed by atoms with Crippen LogP contribution in [0.1, 0.15) is 85.9 Å². The van der Waals surface area contributed by atoms with Crippen LogP contribution in [0.5, 0.6) is 0 Å². The third-order valence-electron chi connectivity index (χ3n) is 5.35. The van der Waals surface area contributed by atoms with Crippen LogP contribution in [0.3, 0.4) is 0 Å². The molecule has 2 aromatic rings. The number of carbonyl (C=O) groups excluding carboxylic acids is 2. The first-order chi connectivity index (χ1) is 13.2. The van der Waals surface area contributed by atoms with E-state index in [0.29, 0.717) is 26.5 Å². The average Bonchev–Trinajstić information content (AvgIpc) is 2.98. The second kappa shape index (κ2) is 8.03. The van der Waals surface area contributed by atoms with Crippen molar-refractivity contribution in [2.24, 2.45) is 5.73 Å². The summed E-state index contributed by atoms with van der Waals surface area (Å²) in [5, 5.41) is 0.359. The van der Waals surface area contributed by atoms with Gasteiger partial charge in [0.05, 0.1) is 5.39 Å². The van der Waals surface area contributed by atoms with Crippen molar-refractivity contribution in [3.8, 4) is 0 Å². The number of nitrogens with zero attached hydrogens (tertiary/aromatic N) is 2. The number of rotatable bonds is 5. The highest BCUT2D eigenvalue weighted by atomic mass is 32.1. The van der Waals surface area contributed by atoms with Gasteiger partial charge in [-0.05, 0) is 45.1 Å². The molecule has 7 nitrogen and oxygen atoms in total. The van der Waals surface area contributed by atoms with Gasteiger partial charge in [-0.15, -0.1) is 11.3 Å². The normalized spacial score (nSPS) is 16.5. The maximum Gasteiger partial charge on any atom is 0.348 e. The lowest BCUT2D eigenvalue weighted by Gasteiger charge is -2.21. The Kier molecular flexibility index (Phi) is 5.88. The lowest BCUT2D eigenvalue weighted by atomic mass is 9.98. The van der Waals surface area contributed by atoms with Crippen LogP contribution in [0, 0.1) is 6.92 Å². The van der Waals surface area contributed by atoms with Gasteiger partial charge in [-0.3, -0.25) is 14.2 Å². The molecule has 8 heteroatoms. The monoisotopic (exact) mass is 405 g/mol. The zero-order valence-electron chi connectivity index (χ0n) is 16.8. The zero-order valence-corrected chi connectivity index (χ0v) is 17.6. The Morgan fingerprint density at radius 1 is 1.21 bits per heavy atom. The molecule has 28 heavy (non-hydrogen) atoms. The van der Waals surface area contributed by atoms with Gasteiger partial charge in [-0.1, -0.05) is 20.3 Å². The summed E-state index contributed by atoms with van der Waals surface area (Å²) in [4.78, 5) is 43.2. The Morgan fingerprint density at radius 2 is 1.86 bits per heavy atom. The molecule has 3 rings (SSSR count).